The van der Waals surface area contributed by atoms with Crippen molar-refractivity contribution < 1.29 is 56.6 Å². The fraction of sp³-hybridized carbons (Fsp3) is 0.667. The summed E-state index contributed by atoms with van der Waals surface area (Å²) >= 11 is 0. The predicted octanol–water partition coefficient (Wildman–Crippen LogP) is 3.20. The first kappa shape index (κ1) is 18.9. The molecule has 0 heterocycles. The molecule has 0 saturated heterocycles. The maximum Gasteiger partial charge on any atom is 0.464 e. The maximum atomic E-state index is 12.6. The largest absolute Gasteiger partial charge is 0.464 e. The van der Waals surface area contributed by atoms with Crippen LogP contribution in [0.1, 0.15) is 0 Å². The minimum absolute atomic E-state index is 1.60. The van der Waals surface area contributed by atoms with E-state index >= 15 is 0 Å². The monoisotopic (exact) mass is 344 g/mol. The second-order valence-electron chi connectivity index (χ2n) is 3.07. The Kier molecular flexibility index (Phi) is 4.50. The first-order chi connectivity index (χ1) is 8.36. The highest BCUT2D eigenvalue weighted by Gasteiger charge is 2.72. The molecule has 0 N–H and O–H groups in total. The van der Waals surface area contributed by atoms with Gasteiger partial charge in [0.2, 0.25) is 0 Å². The number of alkyl halides is 9. The molecule has 0 unspecified atom stereocenters. The molecule has 120 valence electrons. The highest BCUT2D eigenvalue weighted by Crippen LogP contribution is 2.47. The van der Waals surface area contributed by atoms with E-state index in [1.807, 2.05) is 4.74 Å². The Labute approximate surface area is 104 Å². The van der Waals surface area contributed by atoms with E-state index in [2.05, 4.69) is 0 Å². The van der Waals surface area contributed by atoms with Gasteiger partial charge in [-0.15, -0.1) is 0 Å². The summed E-state index contributed by atoms with van der Waals surface area (Å²) in [5, 5.41) is -6.84. The third-order valence-corrected chi connectivity index (χ3v) is 2.44. The van der Waals surface area contributed by atoms with Crippen LogP contribution in [0.5, 0.6) is 0 Å². The van der Waals surface area contributed by atoms with Crippen LogP contribution in [0.2, 0.25) is 0 Å². The minimum atomic E-state index is -7.45. The SMILES string of the molecule is C=C(C(F)(F)F)C(F)(F)OC(F)(F)C(F)(F)S(=O)(=O)F. The van der Waals surface area contributed by atoms with Crippen molar-refractivity contribution >= 4 is 10.2 Å². The van der Waals surface area contributed by atoms with Gasteiger partial charge >= 0.3 is 33.9 Å². The third-order valence-electron chi connectivity index (χ3n) is 1.59. The maximum absolute atomic E-state index is 12.6. The van der Waals surface area contributed by atoms with Crippen LogP contribution in [-0.2, 0) is 15.0 Å². The summed E-state index contributed by atoms with van der Waals surface area (Å²) in [6.07, 6.45) is -18.9. The van der Waals surface area contributed by atoms with Crippen LogP contribution in [0.4, 0.5) is 43.4 Å². The van der Waals surface area contributed by atoms with Crippen molar-refractivity contribution in [1.29, 1.82) is 0 Å². The molecule has 0 aromatic heterocycles. The van der Waals surface area contributed by atoms with Gasteiger partial charge in [-0.2, -0.15) is 47.9 Å². The van der Waals surface area contributed by atoms with Gasteiger partial charge in [0.05, 0.1) is 0 Å². The standard InChI is InChI=1S/C6H2F10O3S/c1-2(3(7,8)9)4(10,11)19-5(12,13)6(14,15)20(16,17)18/h1H2. The van der Waals surface area contributed by atoms with Gasteiger partial charge in [0.15, 0.2) is 0 Å². The van der Waals surface area contributed by atoms with Crippen molar-refractivity contribution in [3.05, 3.63) is 12.2 Å². The average Bonchev–Trinajstić information content (AvgIpc) is 2.11. The van der Waals surface area contributed by atoms with E-state index in [1.54, 1.807) is 6.58 Å². The van der Waals surface area contributed by atoms with Gasteiger partial charge in [-0.1, -0.05) is 10.5 Å². The minimum Gasteiger partial charge on any atom is -0.245 e. The summed E-state index contributed by atoms with van der Waals surface area (Å²) in [5.74, 6) is 0. The van der Waals surface area contributed by atoms with Crippen LogP contribution in [0.15, 0.2) is 12.2 Å². The van der Waals surface area contributed by atoms with Crippen molar-refractivity contribution in [2.45, 2.75) is 23.6 Å². The van der Waals surface area contributed by atoms with Gasteiger partial charge in [0.25, 0.3) is 0 Å². The van der Waals surface area contributed by atoms with Crippen molar-refractivity contribution in [2.24, 2.45) is 0 Å². The number of rotatable bonds is 5. The zero-order valence-electron chi connectivity index (χ0n) is 8.62. The molecule has 0 aromatic carbocycles. The Morgan fingerprint density at radius 2 is 1.25 bits per heavy atom. The zero-order chi connectivity index (χ0) is 16.8. The van der Waals surface area contributed by atoms with Gasteiger partial charge in [0.1, 0.15) is 5.57 Å². The predicted molar refractivity (Wildman–Crippen MR) is 41.1 cm³/mol. The molecular weight excluding hydrogens is 342 g/mol. The smallest absolute Gasteiger partial charge is 0.245 e. The molecule has 0 saturated carbocycles. The Bertz CT molecular complexity index is 490. The molecule has 3 nitrogen and oxygen atoms in total. The van der Waals surface area contributed by atoms with Crippen molar-refractivity contribution in [2.75, 3.05) is 0 Å². The number of hydrogen-bond acceptors (Lipinski definition) is 3. The highest BCUT2D eigenvalue weighted by molar-refractivity contribution is 7.87. The molecule has 0 atom stereocenters. The third kappa shape index (κ3) is 3.53. The Morgan fingerprint density at radius 1 is 0.900 bits per heavy atom. The second-order valence-corrected chi connectivity index (χ2v) is 4.45. The van der Waals surface area contributed by atoms with Gasteiger partial charge in [-0.3, -0.25) is 0 Å². The lowest BCUT2D eigenvalue weighted by molar-refractivity contribution is -0.407. The highest BCUT2D eigenvalue weighted by atomic mass is 32.3. The molecule has 0 aliphatic heterocycles. The van der Waals surface area contributed by atoms with Gasteiger partial charge in [-0.25, -0.2) is 4.74 Å². The van der Waals surface area contributed by atoms with E-state index in [1.165, 1.54) is 0 Å². The van der Waals surface area contributed by atoms with Crippen molar-refractivity contribution in [1.82, 2.24) is 0 Å². The number of halogens is 10. The first-order valence-corrected chi connectivity index (χ1v) is 5.29. The van der Waals surface area contributed by atoms with Crippen LogP contribution in [0.25, 0.3) is 0 Å². The lowest BCUT2D eigenvalue weighted by Gasteiger charge is -2.28. The van der Waals surface area contributed by atoms with Crippen LogP contribution >= 0.6 is 0 Å². The molecule has 14 heteroatoms. The summed E-state index contributed by atoms with van der Waals surface area (Å²) in [6, 6.07) is 0. The summed E-state index contributed by atoms with van der Waals surface area (Å²) < 4.78 is 143. The quantitative estimate of drug-likeness (QED) is 0.437. The molecular formula is C6H2F10O3S. The van der Waals surface area contributed by atoms with Crippen molar-refractivity contribution in [3.63, 3.8) is 0 Å². The lowest BCUT2D eigenvalue weighted by Crippen LogP contribution is -2.51. The molecule has 0 aliphatic rings. The van der Waals surface area contributed by atoms with Gasteiger partial charge < -0.3 is 0 Å². The van der Waals surface area contributed by atoms with Crippen molar-refractivity contribution in [3.8, 4) is 0 Å². The molecule has 0 aliphatic carbocycles. The summed E-state index contributed by atoms with van der Waals surface area (Å²) in [7, 11) is -7.45. The van der Waals surface area contributed by atoms with Gasteiger partial charge in [-0.05, 0) is 0 Å². The second kappa shape index (κ2) is 4.75. The first-order valence-electron chi connectivity index (χ1n) is 3.90. The average molecular weight is 344 g/mol. The molecule has 0 bridgehead atoms. The van der Waals surface area contributed by atoms with Crippen LogP contribution in [-0.4, -0.2) is 32.1 Å². The Morgan fingerprint density at radius 3 is 1.50 bits per heavy atom. The summed E-state index contributed by atoms with van der Waals surface area (Å²) in [4.78, 5) is 0. The molecule has 20 heavy (non-hydrogen) atoms. The van der Waals surface area contributed by atoms with Crippen LogP contribution in [0.3, 0.4) is 0 Å². The molecule has 0 radical (unpaired) electrons. The molecule has 0 aromatic rings. The Hall–Kier alpha value is -1.05. The summed E-state index contributed by atoms with van der Waals surface area (Å²) in [5.41, 5.74) is -3.32. The lowest BCUT2D eigenvalue weighted by atomic mass is 10.3. The Balaban J connectivity index is 5.56. The fourth-order valence-electron chi connectivity index (χ4n) is 0.589. The van der Waals surface area contributed by atoms with Gasteiger partial charge in [0, 0.05) is 0 Å². The van der Waals surface area contributed by atoms with Crippen LogP contribution < -0.4 is 0 Å². The van der Waals surface area contributed by atoms with E-state index in [4.69, 9.17) is 0 Å². The number of hydrogen-bond donors (Lipinski definition) is 0. The van der Waals surface area contributed by atoms with E-state index in [0.717, 1.165) is 0 Å². The summed E-state index contributed by atoms with van der Waals surface area (Å²) in [6.45, 7) is 1.60. The fourth-order valence-corrected chi connectivity index (χ4v) is 0.914. The van der Waals surface area contributed by atoms with E-state index in [0.29, 0.717) is 0 Å². The molecule has 0 rings (SSSR count). The van der Waals surface area contributed by atoms with E-state index in [9.17, 15) is 51.8 Å². The normalized spacial score (nSPS) is 15.3. The molecule has 0 fully saturated rings. The van der Waals surface area contributed by atoms with Crippen LogP contribution in [0, 0.1) is 0 Å². The van der Waals surface area contributed by atoms with E-state index < -0.39 is 39.4 Å². The topological polar surface area (TPSA) is 43.4 Å². The molecule has 0 spiro atoms. The molecule has 0 amide bonds. The zero-order valence-corrected chi connectivity index (χ0v) is 9.44. The van der Waals surface area contributed by atoms with E-state index in [-0.39, 0.29) is 0 Å². The number of ether oxygens (including phenoxy) is 1.